The summed E-state index contributed by atoms with van der Waals surface area (Å²) in [5.74, 6) is 0.929. The van der Waals surface area contributed by atoms with Crippen molar-refractivity contribution in [3.63, 3.8) is 0 Å². The molecule has 102 valence electrons. The van der Waals surface area contributed by atoms with E-state index in [4.69, 9.17) is 4.74 Å². The van der Waals surface area contributed by atoms with Crippen LogP contribution in [0.2, 0.25) is 0 Å². The molecule has 1 N–H and O–H groups in total. The second kappa shape index (κ2) is 6.19. The lowest BCUT2D eigenvalue weighted by Crippen LogP contribution is -2.50. The van der Waals surface area contributed by atoms with E-state index in [1.165, 1.54) is 32.1 Å². The van der Waals surface area contributed by atoms with Crippen molar-refractivity contribution in [3.8, 4) is 0 Å². The lowest BCUT2D eigenvalue weighted by Gasteiger charge is -2.41. The highest BCUT2D eigenvalue weighted by molar-refractivity contribution is 4.91. The number of rotatable bonds is 5. The summed E-state index contributed by atoms with van der Waals surface area (Å²) in [7, 11) is 0. The SMILES string of the molecule is CCOC1(CNC(C)(C)C)CCC(CC)CC1. The van der Waals surface area contributed by atoms with Crippen LogP contribution in [0.4, 0.5) is 0 Å². The lowest BCUT2D eigenvalue weighted by atomic mass is 9.77. The fourth-order valence-corrected chi connectivity index (χ4v) is 2.72. The van der Waals surface area contributed by atoms with E-state index in [9.17, 15) is 0 Å². The normalized spacial score (nSPS) is 30.5. The molecule has 0 aliphatic heterocycles. The highest BCUT2D eigenvalue weighted by Gasteiger charge is 2.36. The van der Waals surface area contributed by atoms with Crippen molar-refractivity contribution in [3.05, 3.63) is 0 Å². The van der Waals surface area contributed by atoms with Crippen molar-refractivity contribution in [1.29, 1.82) is 0 Å². The van der Waals surface area contributed by atoms with Gasteiger partial charge < -0.3 is 10.1 Å². The zero-order valence-electron chi connectivity index (χ0n) is 12.4. The molecule has 17 heavy (non-hydrogen) atoms. The third-order valence-electron chi connectivity index (χ3n) is 3.99. The van der Waals surface area contributed by atoms with Gasteiger partial charge in [-0.2, -0.15) is 0 Å². The minimum atomic E-state index is 0.105. The fraction of sp³-hybridized carbons (Fsp3) is 1.00. The minimum absolute atomic E-state index is 0.105. The summed E-state index contributed by atoms with van der Waals surface area (Å²) < 4.78 is 6.10. The minimum Gasteiger partial charge on any atom is -0.374 e. The van der Waals surface area contributed by atoms with Crippen LogP contribution >= 0.6 is 0 Å². The molecule has 0 aromatic carbocycles. The predicted octanol–water partition coefficient (Wildman–Crippen LogP) is 3.75. The third-order valence-corrected chi connectivity index (χ3v) is 3.99. The van der Waals surface area contributed by atoms with E-state index in [-0.39, 0.29) is 11.1 Å². The Morgan fingerprint density at radius 3 is 2.18 bits per heavy atom. The number of hydrogen-bond acceptors (Lipinski definition) is 2. The summed E-state index contributed by atoms with van der Waals surface area (Å²) in [6.07, 6.45) is 6.45. The first-order valence-electron chi connectivity index (χ1n) is 7.30. The molecule has 1 saturated carbocycles. The zero-order chi connectivity index (χ0) is 12.9. The third kappa shape index (κ3) is 4.97. The second-order valence-electron chi connectivity index (χ2n) is 6.57. The average Bonchev–Trinajstić information content (AvgIpc) is 2.27. The van der Waals surface area contributed by atoms with Gasteiger partial charge in [0.25, 0.3) is 0 Å². The molecule has 0 aromatic rings. The molecular weight excluding hydrogens is 210 g/mol. The van der Waals surface area contributed by atoms with Crippen LogP contribution < -0.4 is 5.32 Å². The van der Waals surface area contributed by atoms with Crippen molar-refractivity contribution in [2.24, 2.45) is 5.92 Å². The Morgan fingerprint density at radius 1 is 1.18 bits per heavy atom. The van der Waals surface area contributed by atoms with E-state index in [1.807, 2.05) is 0 Å². The van der Waals surface area contributed by atoms with Gasteiger partial charge in [-0.3, -0.25) is 0 Å². The van der Waals surface area contributed by atoms with Gasteiger partial charge in [0.1, 0.15) is 0 Å². The van der Waals surface area contributed by atoms with Crippen LogP contribution in [0.15, 0.2) is 0 Å². The van der Waals surface area contributed by atoms with E-state index in [0.717, 1.165) is 19.1 Å². The van der Waals surface area contributed by atoms with Crippen LogP contribution in [0.25, 0.3) is 0 Å². The summed E-state index contributed by atoms with van der Waals surface area (Å²) in [6.45, 7) is 12.9. The van der Waals surface area contributed by atoms with E-state index >= 15 is 0 Å². The molecule has 0 unspecified atom stereocenters. The average molecular weight is 241 g/mol. The molecule has 1 fully saturated rings. The van der Waals surface area contributed by atoms with Crippen LogP contribution in [0.3, 0.4) is 0 Å². The van der Waals surface area contributed by atoms with E-state index in [1.54, 1.807) is 0 Å². The molecule has 0 radical (unpaired) electrons. The van der Waals surface area contributed by atoms with E-state index in [0.29, 0.717) is 0 Å². The summed E-state index contributed by atoms with van der Waals surface area (Å²) in [5, 5.41) is 3.63. The van der Waals surface area contributed by atoms with Gasteiger partial charge in [-0.25, -0.2) is 0 Å². The lowest BCUT2D eigenvalue weighted by molar-refractivity contribution is -0.0741. The first-order valence-corrected chi connectivity index (χ1v) is 7.30. The van der Waals surface area contributed by atoms with Gasteiger partial charge in [-0.15, -0.1) is 0 Å². The predicted molar refractivity (Wildman–Crippen MR) is 74.4 cm³/mol. The number of ether oxygens (including phenoxy) is 1. The molecule has 0 atom stereocenters. The summed E-state index contributed by atoms with van der Waals surface area (Å²) in [4.78, 5) is 0. The topological polar surface area (TPSA) is 21.3 Å². The highest BCUT2D eigenvalue weighted by Crippen LogP contribution is 2.36. The monoisotopic (exact) mass is 241 g/mol. The van der Waals surface area contributed by atoms with Crippen LogP contribution in [-0.2, 0) is 4.74 Å². The summed E-state index contributed by atoms with van der Waals surface area (Å²) in [6, 6.07) is 0. The maximum Gasteiger partial charge on any atom is 0.0806 e. The van der Waals surface area contributed by atoms with Crippen molar-refractivity contribution >= 4 is 0 Å². The van der Waals surface area contributed by atoms with Crippen molar-refractivity contribution in [2.45, 2.75) is 77.9 Å². The van der Waals surface area contributed by atoms with Gasteiger partial charge >= 0.3 is 0 Å². The molecule has 0 amide bonds. The van der Waals surface area contributed by atoms with Crippen LogP contribution in [0.1, 0.15) is 66.7 Å². The highest BCUT2D eigenvalue weighted by atomic mass is 16.5. The molecule has 0 saturated heterocycles. The van der Waals surface area contributed by atoms with Gasteiger partial charge in [0.05, 0.1) is 5.60 Å². The molecule has 2 heteroatoms. The molecular formula is C15H31NO. The van der Waals surface area contributed by atoms with Gasteiger partial charge in [0.2, 0.25) is 0 Å². The Hall–Kier alpha value is -0.0800. The summed E-state index contributed by atoms with van der Waals surface area (Å²) >= 11 is 0. The standard InChI is InChI=1S/C15H31NO/c1-6-13-8-10-15(11-9-13,17-7-2)12-16-14(3,4)5/h13,16H,6-12H2,1-5H3. The zero-order valence-corrected chi connectivity index (χ0v) is 12.4. The van der Waals surface area contributed by atoms with Gasteiger partial charge in [0.15, 0.2) is 0 Å². The Labute approximate surface area is 108 Å². The van der Waals surface area contributed by atoms with Crippen LogP contribution in [0, 0.1) is 5.92 Å². The van der Waals surface area contributed by atoms with E-state index in [2.05, 4.69) is 39.9 Å². The molecule has 0 heterocycles. The van der Waals surface area contributed by atoms with Crippen LogP contribution in [0.5, 0.6) is 0 Å². The number of nitrogens with one attached hydrogen (secondary N) is 1. The first-order chi connectivity index (χ1) is 7.91. The number of hydrogen-bond donors (Lipinski definition) is 1. The maximum atomic E-state index is 6.10. The Balaban J connectivity index is 2.52. The Bertz CT molecular complexity index is 211. The Kier molecular flexibility index (Phi) is 5.46. The second-order valence-corrected chi connectivity index (χ2v) is 6.57. The van der Waals surface area contributed by atoms with Gasteiger partial charge in [-0.1, -0.05) is 13.3 Å². The first kappa shape index (κ1) is 15.0. The van der Waals surface area contributed by atoms with Gasteiger partial charge in [-0.05, 0) is 59.3 Å². The van der Waals surface area contributed by atoms with Crippen LogP contribution in [-0.4, -0.2) is 24.3 Å². The largest absolute Gasteiger partial charge is 0.374 e. The molecule has 1 rings (SSSR count). The molecule has 0 spiro atoms. The molecule has 0 aromatic heterocycles. The molecule has 0 bridgehead atoms. The smallest absolute Gasteiger partial charge is 0.0806 e. The molecule has 2 nitrogen and oxygen atoms in total. The van der Waals surface area contributed by atoms with Crippen molar-refractivity contribution in [2.75, 3.05) is 13.2 Å². The van der Waals surface area contributed by atoms with Crippen molar-refractivity contribution < 1.29 is 4.74 Å². The Morgan fingerprint density at radius 2 is 1.76 bits per heavy atom. The maximum absolute atomic E-state index is 6.10. The van der Waals surface area contributed by atoms with E-state index < -0.39 is 0 Å². The molecule has 1 aliphatic carbocycles. The summed E-state index contributed by atoms with van der Waals surface area (Å²) in [5.41, 5.74) is 0.291. The molecule has 1 aliphatic rings. The van der Waals surface area contributed by atoms with Crippen molar-refractivity contribution in [1.82, 2.24) is 5.32 Å². The van der Waals surface area contributed by atoms with Gasteiger partial charge in [0, 0.05) is 18.7 Å². The fourth-order valence-electron chi connectivity index (χ4n) is 2.72. The quantitative estimate of drug-likeness (QED) is 0.791.